The van der Waals surface area contributed by atoms with Crippen LogP contribution in [0.2, 0.25) is 10.0 Å². The second-order valence-corrected chi connectivity index (χ2v) is 6.90. The molecule has 0 saturated carbocycles. The van der Waals surface area contributed by atoms with Crippen LogP contribution < -0.4 is 14.8 Å². The molecule has 0 aliphatic carbocycles. The smallest absolute Gasteiger partial charge is 0.325 e. The van der Waals surface area contributed by atoms with E-state index in [-0.39, 0.29) is 18.4 Å². The number of carbonyl (C=O) groups excluding carboxylic acids is 1. The standard InChI is InChI=1S/C20H23Cl2NO4/c1-5-26-19(24)11-23-13-8-16(21)20(17(22)9-13)27-18-7-6-14(25-4)10-15(18)12(2)3/h6-10,12,23H,5,11H2,1-4H3. The second kappa shape index (κ2) is 9.72. The SMILES string of the molecule is CCOC(=O)CNc1cc(Cl)c(Oc2ccc(OC)cc2C(C)C)c(Cl)c1. The number of esters is 1. The van der Waals surface area contributed by atoms with Crippen LogP contribution in [-0.2, 0) is 9.53 Å². The Balaban J connectivity index is 2.24. The minimum absolute atomic E-state index is 0.0245. The molecular formula is C20H23Cl2NO4. The van der Waals surface area contributed by atoms with Crippen LogP contribution in [0.15, 0.2) is 30.3 Å². The Morgan fingerprint density at radius 2 is 1.81 bits per heavy atom. The fourth-order valence-electron chi connectivity index (χ4n) is 2.45. The van der Waals surface area contributed by atoms with Crippen LogP contribution >= 0.6 is 23.2 Å². The van der Waals surface area contributed by atoms with Gasteiger partial charge in [0.05, 0.1) is 23.8 Å². The first kappa shape index (κ1) is 21.2. The molecule has 0 spiro atoms. The molecule has 0 bridgehead atoms. The maximum atomic E-state index is 11.5. The van der Waals surface area contributed by atoms with Gasteiger partial charge in [0, 0.05) is 11.3 Å². The molecule has 2 aromatic rings. The van der Waals surface area contributed by atoms with E-state index in [4.69, 9.17) is 37.4 Å². The van der Waals surface area contributed by atoms with E-state index < -0.39 is 0 Å². The summed E-state index contributed by atoms with van der Waals surface area (Å²) in [5.74, 6) is 1.62. The number of carbonyl (C=O) groups is 1. The van der Waals surface area contributed by atoms with Crippen LogP contribution in [0.25, 0.3) is 0 Å². The van der Waals surface area contributed by atoms with Crippen molar-refractivity contribution < 1.29 is 19.0 Å². The van der Waals surface area contributed by atoms with Crippen LogP contribution in [0.4, 0.5) is 5.69 Å². The Kier molecular flexibility index (Phi) is 7.63. The van der Waals surface area contributed by atoms with Gasteiger partial charge in [-0.15, -0.1) is 0 Å². The Morgan fingerprint density at radius 3 is 2.37 bits per heavy atom. The molecule has 7 heteroatoms. The molecule has 2 aromatic carbocycles. The lowest BCUT2D eigenvalue weighted by atomic mass is 10.0. The zero-order valence-corrected chi connectivity index (χ0v) is 17.3. The summed E-state index contributed by atoms with van der Waals surface area (Å²) in [6.45, 7) is 6.23. The van der Waals surface area contributed by atoms with E-state index in [1.54, 1.807) is 26.2 Å². The van der Waals surface area contributed by atoms with Crippen molar-refractivity contribution in [2.24, 2.45) is 0 Å². The second-order valence-electron chi connectivity index (χ2n) is 6.09. The van der Waals surface area contributed by atoms with Crippen molar-refractivity contribution in [3.63, 3.8) is 0 Å². The van der Waals surface area contributed by atoms with Gasteiger partial charge in [0.25, 0.3) is 0 Å². The molecule has 0 amide bonds. The molecule has 27 heavy (non-hydrogen) atoms. The number of hydrogen-bond donors (Lipinski definition) is 1. The van der Waals surface area contributed by atoms with Gasteiger partial charge in [-0.25, -0.2) is 0 Å². The molecule has 5 nitrogen and oxygen atoms in total. The number of rotatable bonds is 8. The first-order valence-electron chi connectivity index (χ1n) is 8.60. The van der Waals surface area contributed by atoms with Gasteiger partial charge in [0.2, 0.25) is 0 Å². The topological polar surface area (TPSA) is 56.8 Å². The Hall–Kier alpha value is -2.11. The van der Waals surface area contributed by atoms with E-state index in [2.05, 4.69) is 19.2 Å². The van der Waals surface area contributed by atoms with Crippen molar-refractivity contribution in [2.75, 3.05) is 25.6 Å². The van der Waals surface area contributed by atoms with Gasteiger partial charge in [-0.1, -0.05) is 37.0 Å². The number of ether oxygens (including phenoxy) is 3. The third kappa shape index (κ3) is 5.68. The number of nitrogens with one attached hydrogen (secondary N) is 1. The number of methoxy groups -OCH3 is 1. The number of hydrogen-bond acceptors (Lipinski definition) is 5. The van der Waals surface area contributed by atoms with Crippen molar-refractivity contribution in [1.29, 1.82) is 0 Å². The Morgan fingerprint density at radius 1 is 1.15 bits per heavy atom. The predicted molar refractivity (Wildman–Crippen MR) is 109 cm³/mol. The van der Waals surface area contributed by atoms with E-state index in [1.165, 1.54) is 0 Å². The molecule has 146 valence electrons. The van der Waals surface area contributed by atoms with Crippen LogP contribution in [0, 0.1) is 0 Å². The van der Waals surface area contributed by atoms with Crippen molar-refractivity contribution >= 4 is 34.9 Å². The fourth-order valence-corrected chi connectivity index (χ4v) is 3.02. The zero-order chi connectivity index (χ0) is 20.0. The molecule has 0 aliphatic heterocycles. The zero-order valence-electron chi connectivity index (χ0n) is 15.8. The predicted octanol–water partition coefficient (Wildman–Crippen LogP) is 5.89. The average molecular weight is 412 g/mol. The van der Waals surface area contributed by atoms with Crippen molar-refractivity contribution in [2.45, 2.75) is 26.7 Å². The van der Waals surface area contributed by atoms with Gasteiger partial charge in [0.1, 0.15) is 18.0 Å². The van der Waals surface area contributed by atoms with Gasteiger partial charge in [-0.05, 0) is 43.2 Å². The molecule has 0 atom stereocenters. The lowest BCUT2D eigenvalue weighted by molar-refractivity contribution is -0.140. The first-order chi connectivity index (χ1) is 12.8. The molecule has 0 unspecified atom stereocenters. The maximum Gasteiger partial charge on any atom is 0.325 e. The number of halogens is 2. The fraction of sp³-hybridized carbons (Fsp3) is 0.350. The minimum atomic E-state index is -0.357. The molecule has 0 fully saturated rings. The summed E-state index contributed by atoms with van der Waals surface area (Å²) < 4.78 is 16.2. The molecule has 1 N–H and O–H groups in total. The molecule has 0 radical (unpaired) electrons. The van der Waals surface area contributed by atoms with Gasteiger partial charge in [0.15, 0.2) is 5.75 Å². The lowest BCUT2D eigenvalue weighted by Crippen LogP contribution is -2.16. The third-order valence-corrected chi connectivity index (χ3v) is 4.35. The first-order valence-corrected chi connectivity index (χ1v) is 9.35. The maximum absolute atomic E-state index is 11.5. The molecule has 0 aromatic heterocycles. The lowest BCUT2D eigenvalue weighted by Gasteiger charge is -2.17. The van der Waals surface area contributed by atoms with E-state index >= 15 is 0 Å². The van der Waals surface area contributed by atoms with Crippen LogP contribution in [0.3, 0.4) is 0 Å². The van der Waals surface area contributed by atoms with Crippen LogP contribution in [-0.4, -0.2) is 26.2 Å². The highest BCUT2D eigenvalue weighted by Crippen LogP contribution is 2.41. The molecule has 0 aliphatic rings. The number of benzene rings is 2. The molecule has 2 rings (SSSR count). The van der Waals surface area contributed by atoms with Crippen molar-refractivity contribution in [3.05, 3.63) is 45.9 Å². The number of anilines is 1. The Bertz CT molecular complexity index is 786. The summed E-state index contributed by atoms with van der Waals surface area (Å²) >= 11 is 12.7. The van der Waals surface area contributed by atoms with Gasteiger partial charge >= 0.3 is 5.97 Å². The summed E-state index contributed by atoms with van der Waals surface area (Å²) in [4.78, 5) is 11.5. The summed E-state index contributed by atoms with van der Waals surface area (Å²) in [5, 5.41) is 3.60. The minimum Gasteiger partial charge on any atom is -0.497 e. The van der Waals surface area contributed by atoms with E-state index in [9.17, 15) is 4.79 Å². The van der Waals surface area contributed by atoms with Gasteiger partial charge < -0.3 is 19.5 Å². The largest absolute Gasteiger partial charge is 0.497 e. The van der Waals surface area contributed by atoms with Gasteiger partial charge in [-0.3, -0.25) is 4.79 Å². The van der Waals surface area contributed by atoms with Crippen LogP contribution in [0.5, 0.6) is 17.2 Å². The van der Waals surface area contributed by atoms with Crippen molar-refractivity contribution in [1.82, 2.24) is 0 Å². The highest BCUT2D eigenvalue weighted by atomic mass is 35.5. The van der Waals surface area contributed by atoms with E-state index in [1.807, 2.05) is 18.2 Å². The highest BCUT2D eigenvalue weighted by molar-refractivity contribution is 6.37. The molecular weight excluding hydrogens is 389 g/mol. The Labute approximate surface area is 169 Å². The van der Waals surface area contributed by atoms with Gasteiger partial charge in [-0.2, -0.15) is 0 Å². The third-order valence-electron chi connectivity index (χ3n) is 3.79. The summed E-state index contributed by atoms with van der Waals surface area (Å²) in [6, 6.07) is 8.88. The van der Waals surface area contributed by atoms with Crippen molar-refractivity contribution in [3.8, 4) is 17.2 Å². The van der Waals surface area contributed by atoms with E-state index in [0.29, 0.717) is 33.8 Å². The summed E-state index contributed by atoms with van der Waals surface area (Å²) in [5.41, 5.74) is 1.58. The highest BCUT2D eigenvalue weighted by Gasteiger charge is 2.16. The summed E-state index contributed by atoms with van der Waals surface area (Å²) in [6.07, 6.45) is 0. The summed E-state index contributed by atoms with van der Waals surface area (Å²) in [7, 11) is 1.62. The van der Waals surface area contributed by atoms with Crippen LogP contribution in [0.1, 0.15) is 32.3 Å². The molecule has 0 saturated heterocycles. The van der Waals surface area contributed by atoms with E-state index in [0.717, 1.165) is 11.3 Å². The quantitative estimate of drug-likeness (QED) is 0.548. The molecule has 0 heterocycles. The monoisotopic (exact) mass is 411 g/mol. The average Bonchev–Trinajstić information content (AvgIpc) is 2.63. The normalized spacial score (nSPS) is 10.6.